The van der Waals surface area contributed by atoms with Gasteiger partial charge in [-0.3, -0.25) is 9.69 Å². The van der Waals surface area contributed by atoms with Crippen LogP contribution in [-0.4, -0.2) is 36.5 Å². The molecule has 0 radical (unpaired) electrons. The molecular weight excluding hydrogens is 278 g/mol. The monoisotopic (exact) mass is 307 g/mol. The minimum atomic E-state index is -0.509. The molecule has 5 nitrogen and oxygen atoms in total. The molecule has 1 aliphatic heterocycles. The van der Waals surface area contributed by atoms with Gasteiger partial charge in [0.1, 0.15) is 11.5 Å². The maximum absolute atomic E-state index is 12.3. The van der Waals surface area contributed by atoms with E-state index in [1.165, 1.54) is 12.8 Å². The van der Waals surface area contributed by atoms with E-state index in [4.69, 9.17) is 10.2 Å². The van der Waals surface area contributed by atoms with Gasteiger partial charge >= 0.3 is 0 Å². The van der Waals surface area contributed by atoms with Gasteiger partial charge in [-0.05, 0) is 50.4 Å². The number of nitrogens with zero attached hydrogens (tertiary/aromatic N) is 1. The molecule has 124 valence electrons. The third-order valence-corrected chi connectivity index (χ3v) is 4.36. The van der Waals surface area contributed by atoms with E-state index in [0.717, 1.165) is 24.6 Å². The zero-order chi connectivity index (χ0) is 16.3. The van der Waals surface area contributed by atoms with Crippen LogP contribution in [0.4, 0.5) is 0 Å². The van der Waals surface area contributed by atoms with Crippen LogP contribution in [0, 0.1) is 12.3 Å². The Morgan fingerprint density at radius 3 is 2.50 bits per heavy atom. The van der Waals surface area contributed by atoms with Crippen LogP contribution in [0.1, 0.15) is 51.2 Å². The summed E-state index contributed by atoms with van der Waals surface area (Å²) in [4.78, 5) is 14.6. The van der Waals surface area contributed by atoms with Crippen LogP contribution in [-0.2, 0) is 4.79 Å². The van der Waals surface area contributed by atoms with E-state index >= 15 is 0 Å². The highest BCUT2D eigenvalue weighted by Crippen LogP contribution is 2.26. The second-order valence-electron chi connectivity index (χ2n) is 7.30. The molecule has 0 aromatic carbocycles. The molecule has 1 fully saturated rings. The number of furan rings is 1. The predicted octanol–water partition coefficient (Wildman–Crippen LogP) is 2.21. The van der Waals surface area contributed by atoms with Gasteiger partial charge in [0.2, 0.25) is 5.91 Å². The summed E-state index contributed by atoms with van der Waals surface area (Å²) in [6.45, 7) is 10.5. The number of carbonyl (C=O) groups excluding carboxylic acids is 1. The Morgan fingerprint density at radius 2 is 2.00 bits per heavy atom. The van der Waals surface area contributed by atoms with E-state index in [-0.39, 0.29) is 17.4 Å². The van der Waals surface area contributed by atoms with Crippen molar-refractivity contribution in [2.24, 2.45) is 11.1 Å². The van der Waals surface area contributed by atoms with E-state index < -0.39 is 6.04 Å². The van der Waals surface area contributed by atoms with Crippen LogP contribution >= 0.6 is 0 Å². The summed E-state index contributed by atoms with van der Waals surface area (Å²) in [7, 11) is 0. The van der Waals surface area contributed by atoms with Gasteiger partial charge in [0.25, 0.3) is 0 Å². The number of nitrogens with two attached hydrogens (primary N) is 1. The molecule has 2 heterocycles. The Balaban J connectivity index is 2.02. The first-order valence-electron chi connectivity index (χ1n) is 8.12. The van der Waals surface area contributed by atoms with Crippen molar-refractivity contribution < 1.29 is 9.21 Å². The third kappa shape index (κ3) is 4.11. The highest BCUT2D eigenvalue weighted by Gasteiger charge is 2.30. The van der Waals surface area contributed by atoms with Gasteiger partial charge in [-0.2, -0.15) is 0 Å². The summed E-state index contributed by atoms with van der Waals surface area (Å²) >= 11 is 0. The minimum absolute atomic E-state index is 0.0901. The average Bonchev–Trinajstić information content (AvgIpc) is 3.09. The molecule has 0 spiro atoms. The number of aryl methyl sites for hydroxylation is 1. The zero-order valence-corrected chi connectivity index (χ0v) is 14.2. The molecule has 5 heteroatoms. The smallest absolute Gasteiger partial charge is 0.237 e. The summed E-state index contributed by atoms with van der Waals surface area (Å²) in [6.07, 6.45) is 2.40. The molecule has 22 heavy (non-hydrogen) atoms. The van der Waals surface area contributed by atoms with E-state index in [9.17, 15) is 4.79 Å². The van der Waals surface area contributed by atoms with Crippen molar-refractivity contribution in [3.8, 4) is 0 Å². The standard InChI is InChI=1S/C17H29N3O2/c1-12-7-8-14(22-12)13(20-9-5-6-10-20)11-19-16(21)15(18)17(2,3)4/h7-8,13,15H,5-6,9-11,18H2,1-4H3,(H,19,21)/t13?,15-/m1/s1. The molecule has 0 aliphatic carbocycles. The van der Waals surface area contributed by atoms with Gasteiger partial charge in [0.15, 0.2) is 0 Å². The quantitative estimate of drug-likeness (QED) is 0.875. The van der Waals surface area contributed by atoms with E-state index in [1.54, 1.807) is 0 Å². The lowest BCUT2D eigenvalue weighted by Gasteiger charge is -2.29. The molecule has 1 amide bonds. The lowest BCUT2D eigenvalue weighted by molar-refractivity contribution is -0.124. The van der Waals surface area contributed by atoms with Crippen molar-refractivity contribution in [2.75, 3.05) is 19.6 Å². The Labute approximate surface area is 133 Å². The SMILES string of the molecule is Cc1ccc(C(CNC(=O)[C@@H](N)C(C)(C)C)N2CCCC2)o1. The van der Waals surface area contributed by atoms with Gasteiger partial charge < -0.3 is 15.5 Å². The first-order chi connectivity index (χ1) is 10.3. The summed E-state index contributed by atoms with van der Waals surface area (Å²) < 4.78 is 5.79. The number of nitrogens with one attached hydrogen (secondary N) is 1. The molecule has 0 bridgehead atoms. The van der Waals surface area contributed by atoms with Gasteiger partial charge in [0, 0.05) is 6.54 Å². The fourth-order valence-corrected chi connectivity index (χ4v) is 2.80. The number of rotatable bonds is 5. The van der Waals surface area contributed by atoms with Gasteiger partial charge in [0.05, 0.1) is 12.1 Å². The van der Waals surface area contributed by atoms with Crippen LogP contribution < -0.4 is 11.1 Å². The second kappa shape index (κ2) is 6.84. The van der Waals surface area contributed by atoms with Crippen molar-refractivity contribution >= 4 is 5.91 Å². The van der Waals surface area contributed by atoms with E-state index in [0.29, 0.717) is 6.54 Å². The molecule has 1 aliphatic rings. The largest absolute Gasteiger partial charge is 0.465 e. The fraction of sp³-hybridized carbons (Fsp3) is 0.706. The normalized spacial score (nSPS) is 19.1. The minimum Gasteiger partial charge on any atom is -0.465 e. The number of hydrogen-bond donors (Lipinski definition) is 2. The predicted molar refractivity (Wildman–Crippen MR) is 87.4 cm³/mol. The molecule has 0 saturated carbocycles. The molecule has 1 unspecified atom stereocenters. The molecular formula is C17H29N3O2. The summed E-state index contributed by atoms with van der Waals surface area (Å²) in [5, 5.41) is 3.01. The third-order valence-electron chi connectivity index (χ3n) is 4.36. The van der Waals surface area contributed by atoms with Crippen LogP contribution in [0.15, 0.2) is 16.5 Å². The van der Waals surface area contributed by atoms with Crippen LogP contribution in [0.5, 0.6) is 0 Å². The Hall–Kier alpha value is -1.33. The molecule has 2 rings (SSSR count). The van der Waals surface area contributed by atoms with Crippen molar-refractivity contribution in [1.82, 2.24) is 10.2 Å². The summed E-state index contributed by atoms with van der Waals surface area (Å²) in [5.74, 6) is 1.72. The van der Waals surface area contributed by atoms with Crippen LogP contribution in [0.2, 0.25) is 0 Å². The molecule has 1 saturated heterocycles. The Bertz CT molecular complexity index is 498. The number of amides is 1. The lowest BCUT2D eigenvalue weighted by atomic mass is 9.87. The Morgan fingerprint density at radius 1 is 1.36 bits per heavy atom. The van der Waals surface area contributed by atoms with Crippen LogP contribution in [0.3, 0.4) is 0 Å². The summed E-state index contributed by atoms with van der Waals surface area (Å²) in [5.41, 5.74) is 5.79. The van der Waals surface area contributed by atoms with E-state index in [1.807, 2.05) is 39.8 Å². The van der Waals surface area contributed by atoms with Crippen molar-refractivity contribution in [1.29, 1.82) is 0 Å². The first-order valence-corrected chi connectivity index (χ1v) is 8.12. The zero-order valence-electron chi connectivity index (χ0n) is 14.2. The number of likely N-dealkylation sites (tertiary alicyclic amines) is 1. The first kappa shape index (κ1) is 17.0. The molecule has 3 N–H and O–H groups in total. The van der Waals surface area contributed by atoms with Gasteiger partial charge in [-0.15, -0.1) is 0 Å². The summed E-state index contributed by atoms with van der Waals surface area (Å²) in [6, 6.07) is 3.56. The molecule has 1 aromatic rings. The van der Waals surface area contributed by atoms with Crippen molar-refractivity contribution in [2.45, 2.75) is 52.6 Å². The van der Waals surface area contributed by atoms with Crippen LogP contribution in [0.25, 0.3) is 0 Å². The molecule has 1 aromatic heterocycles. The Kier molecular flexibility index (Phi) is 5.29. The lowest BCUT2D eigenvalue weighted by Crippen LogP contribution is -2.50. The van der Waals surface area contributed by atoms with Crippen molar-refractivity contribution in [3.05, 3.63) is 23.7 Å². The maximum Gasteiger partial charge on any atom is 0.237 e. The fourth-order valence-electron chi connectivity index (χ4n) is 2.80. The highest BCUT2D eigenvalue weighted by molar-refractivity contribution is 5.82. The second-order valence-corrected chi connectivity index (χ2v) is 7.30. The van der Waals surface area contributed by atoms with E-state index in [2.05, 4.69) is 10.2 Å². The topological polar surface area (TPSA) is 71.5 Å². The maximum atomic E-state index is 12.3. The number of carbonyl (C=O) groups is 1. The van der Waals surface area contributed by atoms with Crippen molar-refractivity contribution in [3.63, 3.8) is 0 Å². The van der Waals surface area contributed by atoms with Gasteiger partial charge in [-0.25, -0.2) is 0 Å². The average molecular weight is 307 g/mol. The number of hydrogen-bond acceptors (Lipinski definition) is 4. The molecule has 2 atom stereocenters. The van der Waals surface area contributed by atoms with Gasteiger partial charge in [-0.1, -0.05) is 20.8 Å². The highest BCUT2D eigenvalue weighted by atomic mass is 16.3.